The molecule has 1 aliphatic rings. The van der Waals surface area contributed by atoms with Crippen molar-refractivity contribution in [2.24, 2.45) is 0 Å². The van der Waals surface area contributed by atoms with Crippen LogP contribution in [0.5, 0.6) is 0 Å². The zero-order valence-corrected chi connectivity index (χ0v) is 15.5. The number of amides is 2. The average Bonchev–Trinajstić information content (AvgIpc) is 2.67. The average molecular weight is 365 g/mol. The van der Waals surface area contributed by atoms with E-state index in [2.05, 4.69) is 11.4 Å². The van der Waals surface area contributed by atoms with Crippen molar-refractivity contribution in [3.05, 3.63) is 59.2 Å². The van der Waals surface area contributed by atoms with Crippen molar-refractivity contribution < 1.29 is 9.59 Å². The standard InChI is InChI=1S/C20H19N3O2S/c1-3-23(13(2)15-6-4-14(11-21)5-7-15)20(25)16-8-9-18-17(10-16)22-19(24)12-26-18/h4-10,13H,3,12H2,1-2H3,(H,22,24). The number of carbonyl (C=O) groups is 2. The fraction of sp³-hybridized carbons (Fsp3) is 0.250. The molecular formula is C20H19N3O2S. The van der Waals surface area contributed by atoms with Crippen molar-refractivity contribution in [1.82, 2.24) is 4.90 Å². The number of hydrogen-bond acceptors (Lipinski definition) is 4. The molecule has 0 radical (unpaired) electrons. The monoisotopic (exact) mass is 365 g/mol. The smallest absolute Gasteiger partial charge is 0.254 e. The fourth-order valence-corrected chi connectivity index (χ4v) is 3.78. The Morgan fingerprint density at radius 3 is 2.69 bits per heavy atom. The van der Waals surface area contributed by atoms with Gasteiger partial charge in [-0.1, -0.05) is 12.1 Å². The molecule has 6 heteroatoms. The molecule has 5 nitrogen and oxygen atoms in total. The molecule has 0 aromatic heterocycles. The number of thioether (sulfide) groups is 1. The number of carbonyl (C=O) groups excluding carboxylic acids is 2. The third kappa shape index (κ3) is 3.58. The Bertz CT molecular complexity index is 887. The van der Waals surface area contributed by atoms with Gasteiger partial charge in [-0.2, -0.15) is 5.26 Å². The number of fused-ring (bicyclic) bond motifs is 1. The van der Waals surface area contributed by atoms with E-state index < -0.39 is 0 Å². The molecule has 1 aliphatic heterocycles. The first-order valence-electron chi connectivity index (χ1n) is 8.41. The second-order valence-corrected chi connectivity index (χ2v) is 7.07. The van der Waals surface area contributed by atoms with Crippen molar-refractivity contribution >= 4 is 29.3 Å². The van der Waals surface area contributed by atoms with Gasteiger partial charge in [0.05, 0.1) is 29.1 Å². The van der Waals surface area contributed by atoms with Gasteiger partial charge in [-0.15, -0.1) is 11.8 Å². The summed E-state index contributed by atoms with van der Waals surface area (Å²) >= 11 is 1.47. The summed E-state index contributed by atoms with van der Waals surface area (Å²) in [5, 5.41) is 11.8. The zero-order valence-electron chi connectivity index (χ0n) is 14.7. The normalized spacial score (nSPS) is 14.0. The van der Waals surface area contributed by atoms with Crippen LogP contribution >= 0.6 is 11.8 Å². The summed E-state index contributed by atoms with van der Waals surface area (Å²) in [7, 11) is 0. The third-order valence-corrected chi connectivity index (χ3v) is 5.52. The SMILES string of the molecule is CCN(C(=O)c1ccc2c(c1)NC(=O)CS2)C(C)c1ccc(C#N)cc1. The van der Waals surface area contributed by atoms with E-state index in [9.17, 15) is 9.59 Å². The summed E-state index contributed by atoms with van der Waals surface area (Å²) in [6.45, 7) is 4.46. The summed E-state index contributed by atoms with van der Waals surface area (Å²) in [5.41, 5.74) is 2.81. The Morgan fingerprint density at radius 1 is 1.31 bits per heavy atom. The van der Waals surface area contributed by atoms with Gasteiger partial charge < -0.3 is 10.2 Å². The molecule has 1 atom stereocenters. The first-order chi connectivity index (χ1) is 12.5. The lowest BCUT2D eigenvalue weighted by Gasteiger charge is -2.29. The molecule has 2 aromatic carbocycles. The maximum atomic E-state index is 13.0. The summed E-state index contributed by atoms with van der Waals surface area (Å²) in [5.74, 6) is 0.263. The van der Waals surface area contributed by atoms with Gasteiger partial charge in [0.25, 0.3) is 5.91 Å². The number of anilines is 1. The lowest BCUT2D eigenvalue weighted by atomic mass is 10.0. The third-order valence-electron chi connectivity index (χ3n) is 4.45. The highest BCUT2D eigenvalue weighted by atomic mass is 32.2. The van der Waals surface area contributed by atoms with Gasteiger partial charge in [0, 0.05) is 17.0 Å². The van der Waals surface area contributed by atoms with Crippen LogP contribution in [0.4, 0.5) is 5.69 Å². The van der Waals surface area contributed by atoms with Gasteiger partial charge in [0.15, 0.2) is 0 Å². The van der Waals surface area contributed by atoms with Crippen LogP contribution in [0.3, 0.4) is 0 Å². The zero-order chi connectivity index (χ0) is 18.7. The molecule has 0 fully saturated rings. The van der Waals surface area contributed by atoms with E-state index in [0.717, 1.165) is 10.5 Å². The molecule has 132 valence electrons. The summed E-state index contributed by atoms with van der Waals surface area (Å²) in [4.78, 5) is 27.4. The second-order valence-electron chi connectivity index (χ2n) is 6.05. The highest BCUT2D eigenvalue weighted by molar-refractivity contribution is 8.00. The fourth-order valence-electron chi connectivity index (χ4n) is 2.99. The van der Waals surface area contributed by atoms with E-state index in [4.69, 9.17) is 5.26 Å². The van der Waals surface area contributed by atoms with Gasteiger partial charge in [0.2, 0.25) is 5.91 Å². The van der Waals surface area contributed by atoms with Crippen LogP contribution in [-0.4, -0.2) is 29.0 Å². The molecule has 3 rings (SSSR count). The molecule has 0 aliphatic carbocycles. The molecule has 2 aromatic rings. The Labute approximate surface area is 157 Å². The largest absolute Gasteiger partial charge is 0.332 e. The van der Waals surface area contributed by atoms with E-state index >= 15 is 0 Å². The molecule has 2 amide bonds. The first-order valence-corrected chi connectivity index (χ1v) is 9.39. The topological polar surface area (TPSA) is 73.2 Å². The van der Waals surface area contributed by atoms with Crippen molar-refractivity contribution in [3.8, 4) is 6.07 Å². The minimum absolute atomic E-state index is 0.0506. The summed E-state index contributed by atoms with van der Waals surface area (Å²) in [6.07, 6.45) is 0. The molecule has 26 heavy (non-hydrogen) atoms. The van der Waals surface area contributed by atoms with Crippen LogP contribution < -0.4 is 5.32 Å². The highest BCUT2D eigenvalue weighted by Gasteiger charge is 2.23. The van der Waals surface area contributed by atoms with E-state index in [1.165, 1.54) is 11.8 Å². The molecule has 1 N–H and O–H groups in total. The first kappa shape index (κ1) is 18.0. The predicted octanol–water partition coefficient (Wildman–Crippen LogP) is 3.83. The van der Waals surface area contributed by atoms with Gasteiger partial charge in [0.1, 0.15) is 0 Å². The van der Waals surface area contributed by atoms with Crippen LogP contribution in [0.1, 0.15) is 41.4 Å². The Morgan fingerprint density at radius 2 is 2.04 bits per heavy atom. The molecule has 0 saturated heterocycles. The Hall–Kier alpha value is -2.78. The van der Waals surface area contributed by atoms with Gasteiger partial charge in [-0.05, 0) is 49.7 Å². The van der Waals surface area contributed by atoms with Crippen LogP contribution in [0.25, 0.3) is 0 Å². The lowest BCUT2D eigenvalue weighted by Crippen LogP contribution is -2.33. The van der Waals surface area contributed by atoms with Crippen LogP contribution in [-0.2, 0) is 4.79 Å². The number of benzene rings is 2. The van der Waals surface area contributed by atoms with Gasteiger partial charge >= 0.3 is 0 Å². The predicted molar refractivity (Wildman–Crippen MR) is 102 cm³/mol. The van der Waals surface area contributed by atoms with E-state index in [1.54, 1.807) is 29.2 Å². The quantitative estimate of drug-likeness (QED) is 0.894. The van der Waals surface area contributed by atoms with Gasteiger partial charge in [-0.3, -0.25) is 9.59 Å². The number of nitriles is 1. The lowest BCUT2D eigenvalue weighted by molar-refractivity contribution is -0.113. The van der Waals surface area contributed by atoms with Crippen molar-refractivity contribution in [2.75, 3.05) is 17.6 Å². The number of hydrogen-bond donors (Lipinski definition) is 1. The maximum Gasteiger partial charge on any atom is 0.254 e. The minimum atomic E-state index is -0.125. The van der Waals surface area contributed by atoms with Crippen LogP contribution in [0.2, 0.25) is 0 Å². The molecule has 0 saturated carbocycles. The molecule has 1 heterocycles. The van der Waals surface area contributed by atoms with Crippen molar-refractivity contribution in [2.45, 2.75) is 24.8 Å². The molecular weight excluding hydrogens is 346 g/mol. The number of nitrogens with one attached hydrogen (secondary N) is 1. The van der Waals surface area contributed by atoms with Gasteiger partial charge in [-0.25, -0.2) is 0 Å². The Balaban J connectivity index is 1.85. The highest BCUT2D eigenvalue weighted by Crippen LogP contribution is 2.33. The second kappa shape index (κ2) is 7.63. The number of nitrogens with zero attached hydrogens (tertiary/aromatic N) is 2. The number of rotatable bonds is 4. The van der Waals surface area contributed by atoms with E-state index in [1.807, 2.05) is 32.0 Å². The minimum Gasteiger partial charge on any atom is -0.332 e. The van der Waals surface area contributed by atoms with Crippen LogP contribution in [0, 0.1) is 11.3 Å². The van der Waals surface area contributed by atoms with Crippen LogP contribution in [0.15, 0.2) is 47.4 Å². The summed E-state index contributed by atoms with van der Waals surface area (Å²) < 4.78 is 0. The van der Waals surface area contributed by atoms with E-state index in [0.29, 0.717) is 29.1 Å². The Kier molecular flexibility index (Phi) is 5.29. The molecule has 0 spiro atoms. The molecule has 1 unspecified atom stereocenters. The van der Waals surface area contributed by atoms with Crippen molar-refractivity contribution in [1.29, 1.82) is 5.26 Å². The van der Waals surface area contributed by atoms with Crippen molar-refractivity contribution in [3.63, 3.8) is 0 Å². The maximum absolute atomic E-state index is 13.0. The molecule has 0 bridgehead atoms. The summed E-state index contributed by atoms with van der Waals surface area (Å²) in [6, 6.07) is 14.7. The van der Waals surface area contributed by atoms with E-state index in [-0.39, 0.29) is 17.9 Å².